The fraction of sp³-hybridized carbons (Fsp3) is 0.217. The van der Waals surface area contributed by atoms with Gasteiger partial charge in [0.1, 0.15) is 17.8 Å². The molecular weight excluding hydrogens is 371 g/mol. The van der Waals surface area contributed by atoms with E-state index in [9.17, 15) is 9.18 Å². The summed E-state index contributed by atoms with van der Waals surface area (Å²) in [5.41, 5.74) is 2.34. The quantitative estimate of drug-likeness (QED) is 0.593. The molecule has 0 N–H and O–H groups in total. The van der Waals surface area contributed by atoms with Crippen LogP contribution in [0.25, 0.3) is 0 Å². The van der Waals surface area contributed by atoms with Crippen molar-refractivity contribution in [1.82, 2.24) is 4.98 Å². The molecule has 3 aromatic rings. The molecule has 2 aromatic carbocycles. The molecule has 1 aliphatic rings. The molecule has 6 heteroatoms. The van der Waals surface area contributed by atoms with Gasteiger partial charge < -0.3 is 4.74 Å². The third kappa shape index (κ3) is 3.84. The minimum Gasteiger partial charge on any atom is -0.466 e. The number of benzene rings is 2. The zero-order valence-corrected chi connectivity index (χ0v) is 15.9. The molecule has 0 saturated carbocycles. The minimum absolute atomic E-state index is 0.260. The van der Waals surface area contributed by atoms with E-state index in [1.165, 1.54) is 12.1 Å². The Balaban J connectivity index is 1.83. The Hall–Kier alpha value is -3.25. The fourth-order valence-corrected chi connectivity index (χ4v) is 3.67. The Bertz CT molecular complexity index is 951. The molecule has 0 radical (unpaired) electrons. The number of nitrogens with zero attached hydrogens (tertiary/aromatic N) is 2. The maximum Gasteiger partial charge on any atom is 0.314 e. The van der Waals surface area contributed by atoms with Crippen molar-refractivity contribution < 1.29 is 18.8 Å². The van der Waals surface area contributed by atoms with Crippen LogP contribution in [0.5, 0.6) is 0 Å². The highest BCUT2D eigenvalue weighted by Gasteiger charge is 2.50. The standard InChI is InChI=1S/C23H21FN2O3/c1-2-28-23(27)20-21(17-7-6-14-25-15-17)26(19-8-4-3-5-9-19)29-22(20)16-10-12-18(24)13-11-16/h3-15,20-22H,2H2,1H3. The molecule has 1 aromatic heterocycles. The summed E-state index contributed by atoms with van der Waals surface area (Å²) in [6.07, 6.45) is 2.78. The summed E-state index contributed by atoms with van der Waals surface area (Å²) in [5, 5.41) is 1.73. The average molecular weight is 392 g/mol. The Morgan fingerprint density at radius 3 is 2.48 bits per heavy atom. The summed E-state index contributed by atoms with van der Waals surface area (Å²) in [7, 11) is 0. The van der Waals surface area contributed by atoms with Gasteiger partial charge in [0.25, 0.3) is 0 Å². The highest BCUT2D eigenvalue weighted by Crippen LogP contribution is 2.49. The molecule has 29 heavy (non-hydrogen) atoms. The number of anilines is 1. The molecule has 3 unspecified atom stereocenters. The molecule has 2 heterocycles. The van der Waals surface area contributed by atoms with Gasteiger partial charge in [-0.3, -0.25) is 14.6 Å². The molecule has 0 aliphatic carbocycles. The first-order valence-electron chi connectivity index (χ1n) is 9.52. The number of pyridine rings is 1. The highest BCUT2D eigenvalue weighted by atomic mass is 19.1. The molecule has 5 nitrogen and oxygen atoms in total. The normalized spacial score (nSPS) is 21.2. The van der Waals surface area contributed by atoms with Crippen LogP contribution in [0.3, 0.4) is 0 Å². The topological polar surface area (TPSA) is 51.7 Å². The van der Waals surface area contributed by atoms with Gasteiger partial charge in [0.05, 0.1) is 18.3 Å². The third-order valence-electron chi connectivity index (χ3n) is 4.94. The largest absolute Gasteiger partial charge is 0.466 e. The van der Waals surface area contributed by atoms with Gasteiger partial charge in [-0.05, 0) is 48.4 Å². The van der Waals surface area contributed by atoms with Crippen molar-refractivity contribution in [3.63, 3.8) is 0 Å². The molecule has 3 atom stereocenters. The van der Waals surface area contributed by atoms with E-state index in [4.69, 9.17) is 9.57 Å². The van der Waals surface area contributed by atoms with Crippen LogP contribution in [0.15, 0.2) is 79.1 Å². The average Bonchev–Trinajstić information content (AvgIpc) is 3.16. The molecule has 4 rings (SSSR count). The molecule has 1 fully saturated rings. The monoisotopic (exact) mass is 392 g/mol. The van der Waals surface area contributed by atoms with E-state index in [2.05, 4.69) is 4.98 Å². The summed E-state index contributed by atoms with van der Waals surface area (Å²) >= 11 is 0. The van der Waals surface area contributed by atoms with Crippen molar-refractivity contribution in [3.8, 4) is 0 Å². The van der Waals surface area contributed by atoms with Crippen molar-refractivity contribution in [2.24, 2.45) is 5.92 Å². The van der Waals surface area contributed by atoms with Gasteiger partial charge in [0.15, 0.2) is 0 Å². The number of ether oxygens (including phenoxy) is 1. The fourth-order valence-electron chi connectivity index (χ4n) is 3.67. The summed E-state index contributed by atoms with van der Waals surface area (Å²) < 4.78 is 18.9. The zero-order valence-electron chi connectivity index (χ0n) is 15.9. The van der Waals surface area contributed by atoms with Gasteiger partial charge in [-0.2, -0.15) is 0 Å². The summed E-state index contributed by atoms with van der Waals surface area (Å²) in [6, 6.07) is 18.9. The first-order chi connectivity index (χ1) is 14.2. The van der Waals surface area contributed by atoms with E-state index >= 15 is 0 Å². The van der Waals surface area contributed by atoms with Gasteiger partial charge in [-0.25, -0.2) is 9.45 Å². The number of hydrogen-bond donors (Lipinski definition) is 0. The molecule has 0 bridgehead atoms. The number of aromatic nitrogens is 1. The molecule has 0 spiro atoms. The lowest BCUT2D eigenvalue weighted by molar-refractivity contribution is -0.150. The molecule has 0 amide bonds. The SMILES string of the molecule is CCOC(=O)C1C(c2ccc(F)cc2)ON(c2ccccc2)C1c1cccnc1. The second kappa shape index (κ2) is 8.41. The lowest BCUT2D eigenvalue weighted by Gasteiger charge is -2.26. The predicted octanol–water partition coefficient (Wildman–Crippen LogP) is 4.63. The van der Waals surface area contributed by atoms with E-state index in [1.807, 2.05) is 42.5 Å². The summed E-state index contributed by atoms with van der Waals surface area (Å²) in [6.45, 7) is 2.03. The van der Waals surface area contributed by atoms with Crippen LogP contribution in [-0.2, 0) is 14.4 Å². The lowest BCUT2D eigenvalue weighted by Crippen LogP contribution is -2.30. The van der Waals surface area contributed by atoms with Gasteiger partial charge in [-0.15, -0.1) is 0 Å². The number of esters is 1. The Kier molecular flexibility index (Phi) is 5.53. The van der Waals surface area contributed by atoms with Crippen LogP contribution in [0.2, 0.25) is 0 Å². The maximum absolute atomic E-state index is 13.5. The van der Waals surface area contributed by atoms with Crippen LogP contribution >= 0.6 is 0 Å². The molecule has 1 aliphatic heterocycles. The number of rotatable bonds is 5. The van der Waals surface area contributed by atoms with Gasteiger partial charge >= 0.3 is 5.97 Å². The van der Waals surface area contributed by atoms with Crippen molar-refractivity contribution in [2.75, 3.05) is 11.7 Å². The number of halogens is 1. The number of hydroxylamine groups is 1. The van der Waals surface area contributed by atoms with Crippen LogP contribution in [0.4, 0.5) is 10.1 Å². The molecular formula is C23H21FN2O3. The Morgan fingerprint density at radius 2 is 1.83 bits per heavy atom. The Morgan fingerprint density at radius 1 is 1.07 bits per heavy atom. The van der Waals surface area contributed by atoms with Gasteiger partial charge in [-0.1, -0.05) is 36.4 Å². The van der Waals surface area contributed by atoms with Crippen molar-refractivity contribution in [3.05, 3.63) is 96.1 Å². The highest BCUT2D eigenvalue weighted by molar-refractivity contribution is 5.76. The van der Waals surface area contributed by atoms with Crippen molar-refractivity contribution in [1.29, 1.82) is 0 Å². The van der Waals surface area contributed by atoms with E-state index in [-0.39, 0.29) is 18.4 Å². The van der Waals surface area contributed by atoms with E-state index < -0.39 is 18.1 Å². The maximum atomic E-state index is 13.5. The second-order valence-corrected chi connectivity index (χ2v) is 6.75. The first kappa shape index (κ1) is 19.1. The Labute approximate surface area is 168 Å². The van der Waals surface area contributed by atoms with E-state index in [0.717, 1.165) is 11.3 Å². The van der Waals surface area contributed by atoms with Crippen LogP contribution in [0.1, 0.15) is 30.2 Å². The van der Waals surface area contributed by atoms with Crippen LogP contribution in [0, 0.1) is 11.7 Å². The van der Waals surface area contributed by atoms with E-state index in [1.54, 1.807) is 36.5 Å². The van der Waals surface area contributed by atoms with Gasteiger partial charge in [0, 0.05) is 12.4 Å². The zero-order chi connectivity index (χ0) is 20.2. The summed E-state index contributed by atoms with van der Waals surface area (Å²) in [5.74, 6) is -1.36. The minimum atomic E-state index is -0.648. The number of hydrogen-bond acceptors (Lipinski definition) is 5. The number of carbonyl (C=O) groups is 1. The number of carbonyl (C=O) groups excluding carboxylic acids is 1. The first-order valence-corrected chi connectivity index (χ1v) is 9.52. The second-order valence-electron chi connectivity index (χ2n) is 6.75. The molecule has 1 saturated heterocycles. The van der Waals surface area contributed by atoms with Crippen molar-refractivity contribution in [2.45, 2.75) is 19.1 Å². The van der Waals surface area contributed by atoms with Crippen LogP contribution < -0.4 is 5.06 Å². The van der Waals surface area contributed by atoms with Crippen LogP contribution in [-0.4, -0.2) is 17.6 Å². The van der Waals surface area contributed by atoms with Crippen molar-refractivity contribution >= 4 is 11.7 Å². The predicted molar refractivity (Wildman–Crippen MR) is 106 cm³/mol. The van der Waals surface area contributed by atoms with Gasteiger partial charge in [0.2, 0.25) is 0 Å². The molecule has 148 valence electrons. The lowest BCUT2D eigenvalue weighted by atomic mass is 9.87. The number of para-hydroxylation sites is 1. The smallest absolute Gasteiger partial charge is 0.314 e. The summed E-state index contributed by atoms with van der Waals surface area (Å²) in [4.78, 5) is 23.6. The third-order valence-corrected chi connectivity index (χ3v) is 4.94. The van der Waals surface area contributed by atoms with E-state index in [0.29, 0.717) is 5.56 Å².